The Morgan fingerprint density at radius 2 is 1.75 bits per heavy atom. The van der Waals surface area contributed by atoms with Crippen LogP contribution < -0.4 is 4.72 Å². The lowest BCUT2D eigenvalue weighted by atomic mass is 10.2. The maximum absolute atomic E-state index is 12.4. The topological polar surface area (TPSA) is 117 Å². The van der Waals surface area contributed by atoms with Gasteiger partial charge in [-0.25, -0.2) is 13.2 Å². The molecule has 0 spiro atoms. The molecule has 0 aliphatic heterocycles. The van der Waals surface area contributed by atoms with Gasteiger partial charge < -0.3 is 9.64 Å². The Morgan fingerprint density at radius 1 is 1.11 bits per heavy atom. The summed E-state index contributed by atoms with van der Waals surface area (Å²) in [7, 11) is -2.28. The van der Waals surface area contributed by atoms with Gasteiger partial charge in [0.25, 0.3) is 15.9 Å². The summed E-state index contributed by atoms with van der Waals surface area (Å²) in [6.07, 6.45) is 0.184. The van der Waals surface area contributed by atoms with Gasteiger partial charge in [-0.05, 0) is 36.4 Å². The Bertz CT molecular complexity index is 967. The van der Waals surface area contributed by atoms with Gasteiger partial charge in [0.15, 0.2) is 6.61 Å². The highest BCUT2D eigenvalue weighted by Gasteiger charge is 2.17. The number of nitrogens with one attached hydrogen (secondary N) is 1. The third kappa shape index (κ3) is 5.82. The van der Waals surface area contributed by atoms with Gasteiger partial charge in [-0.15, -0.1) is 0 Å². The average Bonchev–Trinajstić information content (AvgIpc) is 2.70. The lowest BCUT2D eigenvalue weighted by molar-refractivity contribution is -0.133. The number of hydrogen-bond acceptors (Lipinski definition) is 6. The van der Waals surface area contributed by atoms with E-state index in [1.807, 2.05) is 6.07 Å². The van der Waals surface area contributed by atoms with E-state index in [9.17, 15) is 18.0 Å². The number of anilines is 1. The molecule has 0 heterocycles. The molecule has 0 unspecified atom stereocenters. The molecule has 0 aromatic heterocycles. The van der Waals surface area contributed by atoms with Crippen LogP contribution in [0, 0.1) is 11.3 Å². The van der Waals surface area contributed by atoms with E-state index < -0.39 is 28.5 Å². The van der Waals surface area contributed by atoms with Gasteiger partial charge in [0.2, 0.25) is 0 Å². The number of para-hydroxylation sites is 1. The van der Waals surface area contributed by atoms with Gasteiger partial charge in [-0.3, -0.25) is 9.52 Å². The molecule has 1 N–H and O–H groups in total. The van der Waals surface area contributed by atoms with Crippen molar-refractivity contribution in [3.63, 3.8) is 0 Å². The fourth-order valence-corrected chi connectivity index (χ4v) is 3.21. The van der Waals surface area contributed by atoms with Gasteiger partial charge in [-0.2, -0.15) is 5.26 Å². The Kier molecular flexibility index (Phi) is 7.12. The third-order valence-corrected chi connectivity index (χ3v) is 5.14. The number of hydrogen-bond donors (Lipinski definition) is 1. The van der Waals surface area contributed by atoms with Crippen LogP contribution in [0.2, 0.25) is 0 Å². The Morgan fingerprint density at radius 3 is 2.36 bits per heavy atom. The highest BCUT2D eigenvalue weighted by Crippen LogP contribution is 2.16. The molecular formula is C19H19N3O5S. The van der Waals surface area contributed by atoms with E-state index in [1.54, 1.807) is 30.3 Å². The first kappa shape index (κ1) is 20.9. The van der Waals surface area contributed by atoms with Gasteiger partial charge in [0.1, 0.15) is 0 Å². The minimum Gasteiger partial charge on any atom is -0.452 e. The second-order valence-electron chi connectivity index (χ2n) is 5.80. The maximum atomic E-state index is 12.4. The van der Waals surface area contributed by atoms with E-state index in [0.717, 1.165) is 0 Å². The van der Waals surface area contributed by atoms with Crippen LogP contribution in [0.5, 0.6) is 0 Å². The first-order valence-corrected chi connectivity index (χ1v) is 9.78. The van der Waals surface area contributed by atoms with E-state index in [-0.39, 0.29) is 23.4 Å². The smallest absolute Gasteiger partial charge is 0.338 e. The number of likely N-dealkylation sites (N-methyl/N-ethyl adjacent to an activating group) is 1. The first-order valence-electron chi connectivity index (χ1n) is 8.29. The number of carbonyl (C=O) groups is 2. The second kappa shape index (κ2) is 9.53. The summed E-state index contributed by atoms with van der Waals surface area (Å²) >= 11 is 0. The summed E-state index contributed by atoms with van der Waals surface area (Å²) in [5, 5.41) is 8.51. The molecule has 0 radical (unpaired) electrons. The summed E-state index contributed by atoms with van der Waals surface area (Å²) in [5.41, 5.74) is 0.538. The fourth-order valence-electron chi connectivity index (χ4n) is 2.15. The Labute approximate surface area is 163 Å². The number of esters is 1. The predicted molar refractivity (Wildman–Crippen MR) is 102 cm³/mol. The van der Waals surface area contributed by atoms with E-state index >= 15 is 0 Å². The van der Waals surface area contributed by atoms with Crippen molar-refractivity contribution in [3.05, 3.63) is 60.2 Å². The molecule has 0 aliphatic rings. The highest BCUT2D eigenvalue weighted by atomic mass is 32.2. The summed E-state index contributed by atoms with van der Waals surface area (Å²) in [6, 6.07) is 15.5. The van der Waals surface area contributed by atoms with Crippen LogP contribution in [-0.4, -0.2) is 45.4 Å². The molecule has 0 atom stereocenters. The second-order valence-corrected chi connectivity index (χ2v) is 7.48. The molecule has 146 valence electrons. The van der Waals surface area contributed by atoms with Crippen LogP contribution in [0.4, 0.5) is 5.69 Å². The zero-order chi connectivity index (χ0) is 20.6. The molecule has 1 amide bonds. The summed E-state index contributed by atoms with van der Waals surface area (Å²) in [6.45, 7) is -0.218. The van der Waals surface area contributed by atoms with Gasteiger partial charge in [-0.1, -0.05) is 18.2 Å². The van der Waals surface area contributed by atoms with E-state index in [1.165, 1.54) is 36.2 Å². The van der Waals surface area contributed by atoms with Crippen LogP contribution in [0.25, 0.3) is 0 Å². The van der Waals surface area contributed by atoms with Crippen molar-refractivity contribution in [1.82, 2.24) is 4.90 Å². The van der Waals surface area contributed by atoms with Crippen LogP contribution in [0.1, 0.15) is 16.8 Å². The lowest BCUT2D eigenvalue weighted by Gasteiger charge is -2.15. The van der Waals surface area contributed by atoms with Crippen molar-refractivity contribution >= 4 is 27.6 Å². The summed E-state index contributed by atoms with van der Waals surface area (Å²) < 4.78 is 32.1. The number of sulfonamides is 1. The van der Waals surface area contributed by atoms with Crippen molar-refractivity contribution in [2.45, 2.75) is 11.3 Å². The van der Waals surface area contributed by atoms with Gasteiger partial charge in [0, 0.05) is 19.3 Å². The number of rotatable bonds is 8. The largest absolute Gasteiger partial charge is 0.452 e. The number of carbonyl (C=O) groups excluding carboxylic acids is 2. The van der Waals surface area contributed by atoms with E-state index in [4.69, 9.17) is 10.00 Å². The Hall–Kier alpha value is -3.38. The minimum absolute atomic E-state index is 0.0137. The highest BCUT2D eigenvalue weighted by molar-refractivity contribution is 7.92. The Balaban J connectivity index is 1.97. The van der Waals surface area contributed by atoms with Crippen LogP contribution in [0.3, 0.4) is 0 Å². The summed E-state index contributed by atoms with van der Waals surface area (Å²) in [4.78, 5) is 25.1. The van der Waals surface area contributed by atoms with Crippen LogP contribution in [0.15, 0.2) is 59.5 Å². The first-order chi connectivity index (χ1) is 13.3. The van der Waals surface area contributed by atoms with Gasteiger partial charge in [0.05, 0.1) is 22.9 Å². The van der Waals surface area contributed by atoms with E-state index in [2.05, 4.69) is 4.72 Å². The minimum atomic E-state index is -3.79. The molecule has 9 heteroatoms. The monoisotopic (exact) mass is 401 g/mol. The molecule has 0 aliphatic carbocycles. The predicted octanol–water partition coefficient (Wildman–Crippen LogP) is 2.02. The van der Waals surface area contributed by atoms with Crippen molar-refractivity contribution in [2.24, 2.45) is 0 Å². The summed E-state index contributed by atoms with van der Waals surface area (Å²) in [5.74, 6) is -1.18. The molecule has 0 saturated heterocycles. The average molecular weight is 401 g/mol. The fraction of sp³-hybridized carbons (Fsp3) is 0.211. The van der Waals surface area contributed by atoms with Crippen molar-refractivity contribution in [1.29, 1.82) is 5.26 Å². The lowest BCUT2D eigenvalue weighted by Crippen LogP contribution is -2.31. The quantitative estimate of drug-likeness (QED) is 0.677. The number of nitrogens with zero attached hydrogens (tertiary/aromatic N) is 2. The normalized spacial score (nSPS) is 10.6. The number of ether oxygens (including phenoxy) is 1. The molecule has 0 fully saturated rings. The van der Waals surface area contributed by atoms with Crippen LogP contribution in [-0.2, 0) is 19.6 Å². The molecule has 28 heavy (non-hydrogen) atoms. The number of nitriles is 1. The zero-order valence-electron chi connectivity index (χ0n) is 15.2. The van der Waals surface area contributed by atoms with Gasteiger partial charge >= 0.3 is 5.97 Å². The molecule has 0 saturated carbocycles. The number of amides is 1. The van der Waals surface area contributed by atoms with Crippen LogP contribution >= 0.6 is 0 Å². The van der Waals surface area contributed by atoms with E-state index in [0.29, 0.717) is 5.69 Å². The molecule has 2 aromatic carbocycles. The SMILES string of the molecule is CN(CCC#N)C(=O)COC(=O)c1ccc(S(=O)(=O)Nc2ccccc2)cc1. The molecule has 0 bridgehead atoms. The zero-order valence-corrected chi connectivity index (χ0v) is 16.0. The number of benzene rings is 2. The molecule has 2 aromatic rings. The third-order valence-electron chi connectivity index (χ3n) is 3.74. The molecular weight excluding hydrogens is 382 g/mol. The molecule has 2 rings (SSSR count). The van der Waals surface area contributed by atoms with Crippen molar-refractivity contribution < 1.29 is 22.7 Å². The van der Waals surface area contributed by atoms with Crippen molar-refractivity contribution in [2.75, 3.05) is 24.9 Å². The maximum Gasteiger partial charge on any atom is 0.338 e. The van der Waals surface area contributed by atoms with Crippen molar-refractivity contribution in [3.8, 4) is 6.07 Å². The molecule has 8 nitrogen and oxygen atoms in total. The standard InChI is InChI=1S/C19H19N3O5S/c1-22(13-5-12-20)18(23)14-27-19(24)15-8-10-17(11-9-15)28(25,26)21-16-6-3-2-4-7-16/h2-4,6-11,21H,5,13-14H2,1H3.